The first-order valence-electron chi connectivity index (χ1n) is 24.5. The van der Waals surface area contributed by atoms with Crippen LogP contribution < -0.4 is 14.5 Å². The molecule has 0 radical (unpaired) electrons. The van der Waals surface area contributed by atoms with Gasteiger partial charge >= 0.3 is 0 Å². The maximum absolute atomic E-state index is 16.4. The van der Waals surface area contributed by atoms with Gasteiger partial charge in [0.2, 0.25) is 11.6 Å². The number of halogens is 10. The molecule has 10 aromatic rings. The van der Waals surface area contributed by atoms with Gasteiger partial charge in [0.1, 0.15) is 5.82 Å². The molecular formula is C63H43F10N4OPt-3. The number of rotatable bonds is 8. The topological polar surface area (TPSA) is 33.5 Å². The Kier molecular flexibility index (Phi) is 13.8. The van der Waals surface area contributed by atoms with Crippen molar-refractivity contribution in [3.05, 3.63) is 221 Å². The maximum Gasteiger partial charge on any atom is 0.200 e. The third-order valence-corrected chi connectivity index (χ3v) is 14.0. The molecule has 3 heterocycles. The number of ether oxygens (including phenoxy) is 1. The van der Waals surface area contributed by atoms with Crippen molar-refractivity contribution in [2.24, 2.45) is 0 Å². The van der Waals surface area contributed by atoms with Crippen molar-refractivity contribution >= 4 is 44.6 Å². The summed E-state index contributed by atoms with van der Waals surface area (Å²) in [5, 5.41) is 1.81. The van der Waals surface area contributed by atoms with E-state index in [1.165, 1.54) is 23.7 Å². The minimum Gasteiger partial charge on any atom is -0.509 e. The van der Waals surface area contributed by atoms with E-state index in [1.807, 2.05) is 78.2 Å². The van der Waals surface area contributed by atoms with Gasteiger partial charge in [-0.15, -0.1) is 53.6 Å². The summed E-state index contributed by atoms with van der Waals surface area (Å²) in [6.45, 7) is 14.2. The number of anilines is 4. The van der Waals surface area contributed by atoms with Crippen LogP contribution in [-0.4, -0.2) is 9.55 Å². The zero-order valence-corrected chi connectivity index (χ0v) is 45.3. The second-order valence-corrected chi connectivity index (χ2v) is 21.0. The third-order valence-electron chi connectivity index (χ3n) is 14.0. The summed E-state index contributed by atoms with van der Waals surface area (Å²) in [4.78, 5) is 7.42. The number of aromatic nitrogens is 2. The fourth-order valence-corrected chi connectivity index (χ4v) is 9.94. The van der Waals surface area contributed by atoms with Crippen molar-refractivity contribution < 1.29 is 69.7 Å². The maximum atomic E-state index is 16.4. The van der Waals surface area contributed by atoms with Gasteiger partial charge in [-0.1, -0.05) is 102 Å². The predicted octanol–water partition coefficient (Wildman–Crippen LogP) is 18.3. The summed E-state index contributed by atoms with van der Waals surface area (Å²) in [6.07, 6.45) is 1.76. The van der Waals surface area contributed by atoms with Crippen molar-refractivity contribution in [3.8, 4) is 50.7 Å². The SMILES string of the molecule is Cc1ccccc1-c1cc(Oc2[c-]c3c(cc2)c2ccccc2n3-c2cc(C(C)(C)C)ccn2)[c-]c(N2[CH-]N(c3c(-c4c(F)c(F)c(F)c(F)c4F)cc(C(C)(C)C)cc3-c3c(F)c(F)c(F)c(F)c3F)c3ccccc32)c1.[Pt]. The standard InChI is InChI=1S/C63H43F10N4O.Pt/c1-32-14-8-9-15-39(32)33-24-36(29-38(25-33)78-37-20-21-41-40-16-10-11-17-44(40)77(47(41)30-37)48-28-34(22-23-74-48)62(2,3)4)75-31-76(46-19-13-12-18-45(46)75)61-42(49-51(64)55(68)59(72)56(69)52(49)65)26-35(63(5,6)7)27-43(61)50-53(66)57(70)60(73)58(71)54(50)67;/h8-28,31H,1-7H3;/q-3;. The van der Waals surface area contributed by atoms with Crippen LogP contribution in [0.2, 0.25) is 0 Å². The molecule has 0 saturated heterocycles. The van der Waals surface area contributed by atoms with E-state index < -0.39 is 91.5 Å². The minimum absolute atomic E-state index is 0. The van der Waals surface area contributed by atoms with Gasteiger partial charge in [0.15, 0.2) is 46.5 Å². The Labute approximate surface area is 462 Å². The van der Waals surface area contributed by atoms with Crippen LogP contribution in [0.15, 0.2) is 128 Å². The molecule has 404 valence electrons. The molecule has 11 rings (SSSR count). The Hall–Kier alpha value is -7.90. The van der Waals surface area contributed by atoms with E-state index in [0.717, 1.165) is 50.0 Å². The summed E-state index contributed by atoms with van der Waals surface area (Å²) >= 11 is 0. The molecule has 0 aliphatic carbocycles. The van der Waals surface area contributed by atoms with Crippen molar-refractivity contribution in [1.82, 2.24) is 9.55 Å². The number of hydrogen-bond donors (Lipinski definition) is 0. The molecule has 16 heteroatoms. The number of nitrogens with zero attached hydrogens (tertiary/aromatic N) is 4. The zero-order chi connectivity index (χ0) is 55.4. The smallest absolute Gasteiger partial charge is 0.200 e. The zero-order valence-electron chi connectivity index (χ0n) is 43.0. The van der Waals surface area contributed by atoms with Gasteiger partial charge in [0, 0.05) is 72.5 Å². The van der Waals surface area contributed by atoms with Crippen LogP contribution in [0.5, 0.6) is 11.5 Å². The molecule has 79 heavy (non-hydrogen) atoms. The largest absolute Gasteiger partial charge is 0.509 e. The monoisotopic (exact) mass is 1260 g/mol. The summed E-state index contributed by atoms with van der Waals surface area (Å²) in [5.41, 5.74) is -1.48. The molecule has 0 spiro atoms. The van der Waals surface area contributed by atoms with E-state index in [9.17, 15) is 8.78 Å². The van der Waals surface area contributed by atoms with Gasteiger partial charge in [-0.2, -0.15) is 6.07 Å². The van der Waals surface area contributed by atoms with E-state index in [4.69, 9.17) is 9.72 Å². The average Bonchev–Trinajstić information content (AvgIpc) is 4.13. The van der Waals surface area contributed by atoms with E-state index in [-0.39, 0.29) is 60.6 Å². The van der Waals surface area contributed by atoms with Crippen molar-refractivity contribution in [3.63, 3.8) is 0 Å². The second kappa shape index (κ2) is 20.1. The predicted molar refractivity (Wildman–Crippen MR) is 282 cm³/mol. The van der Waals surface area contributed by atoms with Gasteiger partial charge in [0.05, 0.1) is 11.1 Å². The molecule has 0 fully saturated rings. The van der Waals surface area contributed by atoms with Crippen LogP contribution in [0, 0.1) is 83.9 Å². The molecule has 5 nitrogen and oxygen atoms in total. The van der Waals surface area contributed by atoms with Crippen LogP contribution in [0.4, 0.5) is 66.7 Å². The quantitative estimate of drug-likeness (QED) is 0.0657. The number of pyridine rings is 1. The molecule has 0 bridgehead atoms. The van der Waals surface area contributed by atoms with Crippen LogP contribution in [0.25, 0.3) is 61.0 Å². The van der Waals surface area contributed by atoms with Crippen molar-refractivity contribution in [2.75, 3.05) is 9.80 Å². The van der Waals surface area contributed by atoms with Gasteiger partial charge in [-0.05, 0) is 87.9 Å². The van der Waals surface area contributed by atoms with Gasteiger partial charge in [0.25, 0.3) is 0 Å². The Morgan fingerprint density at radius 3 is 1.61 bits per heavy atom. The van der Waals surface area contributed by atoms with Crippen LogP contribution in [0.1, 0.15) is 58.2 Å². The van der Waals surface area contributed by atoms with Gasteiger partial charge in [-0.3, -0.25) is 0 Å². The molecular weight excluding hydrogens is 1210 g/mol. The van der Waals surface area contributed by atoms with Gasteiger partial charge in [-0.25, -0.2) is 48.9 Å². The van der Waals surface area contributed by atoms with E-state index >= 15 is 35.1 Å². The summed E-state index contributed by atoms with van der Waals surface area (Å²) in [6, 6.07) is 41.7. The molecule has 0 saturated carbocycles. The number of benzene rings is 8. The second-order valence-electron chi connectivity index (χ2n) is 21.0. The number of fused-ring (bicyclic) bond motifs is 4. The number of hydrogen-bond acceptors (Lipinski definition) is 4. The molecule has 0 amide bonds. The normalized spacial score (nSPS) is 12.7. The summed E-state index contributed by atoms with van der Waals surface area (Å²) in [5.74, 6) is -22.6. The fraction of sp³-hybridized carbons (Fsp3) is 0.143. The number of para-hydroxylation sites is 3. The Morgan fingerprint density at radius 1 is 0.494 bits per heavy atom. The summed E-state index contributed by atoms with van der Waals surface area (Å²) in [7, 11) is 0. The first-order valence-corrected chi connectivity index (χ1v) is 24.5. The van der Waals surface area contributed by atoms with Crippen LogP contribution >= 0.6 is 0 Å². The molecule has 1 aliphatic heterocycles. The molecule has 2 aromatic heterocycles. The van der Waals surface area contributed by atoms with Crippen LogP contribution in [0.3, 0.4) is 0 Å². The van der Waals surface area contributed by atoms with Crippen LogP contribution in [-0.2, 0) is 31.9 Å². The summed E-state index contributed by atoms with van der Waals surface area (Å²) < 4.78 is 165. The van der Waals surface area contributed by atoms with Crippen molar-refractivity contribution in [1.29, 1.82) is 0 Å². The third kappa shape index (κ3) is 9.19. The molecule has 0 N–H and O–H groups in total. The minimum atomic E-state index is -2.49. The molecule has 8 aromatic carbocycles. The molecule has 1 aliphatic rings. The van der Waals surface area contributed by atoms with Crippen molar-refractivity contribution in [2.45, 2.75) is 59.3 Å². The fourth-order valence-electron chi connectivity index (χ4n) is 9.94. The first-order chi connectivity index (χ1) is 37.0. The van der Waals surface area contributed by atoms with E-state index in [1.54, 1.807) is 57.3 Å². The number of aryl methyl sites for hydroxylation is 1. The molecule has 0 unspecified atom stereocenters. The molecule has 0 atom stereocenters. The first kappa shape index (κ1) is 54.5. The Balaban J connectivity index is 0.00000704. The average molecular weight is 1260 g/mol. The van der Waals surface area contributed by atoms with E-state index in [0.29, 0.717) is 16.9 Å². The van der Waals surface area contributed by atoms with E-state index in [2.05, 4.69) is 32.9 Å². The van der Waals surface area contributed by atoms with Gasteiger partial charge < -0.3 is 19.1 Å². The Bertz CT molecular complexity index is 3980. The Morgan fingerprint density at radius 2 is 1.03 bits per heavy atom.